The third kappa shape index (κ3) is 3.98. The number of aromatic nitrogens is 2. The Hall–Kier alpha value is -1.42. The largest absolute Gasteiger partial charge is 0.357 e. The van der Waals surface area contributed by atoms with E-state index in [2.05, 4.69) is 33.4 Å². The molecule has 0 aliphatic heterocycles. The number of nitrogens with zero attached hydrogens (tertiary/aromatic N) is 4. The zero-order valence-electron chi connectivity index (χ0n) is 10.3. The van der Waals surface area contributed by atoms with Gasteiger partial charge in [-0.1, -0.05) is 6.08 Å². The van der Waals surface area contributed by atoms with Gasteiger partial charge in [0.1, 0.15) is 5.82 Å². The van der Waals surface area contributed by atoms with Gasteiger partial charge in [-0.05, 0) is 14.0 Å². The van der Waals surface area contributed by atoms with Crippen LogP contribution in [0.2, 0.25) is 0 Å². The Morgan fingerprint density at radius 2 is 2.00 bits per heavy atom. The molecule has 4 nitrogen and oxygen atoms in total. The van der Waals surface area contributed by atoms with Crippen molar-refractivity contribution in [3.8, 4) is 0 Å². The zero-order chi connectivity index (χ0) is 12.0. The maximum absolute atomic E-state index is 4.33. The normalized spacial score (nSPS) is 10.5. The predicted octanol–water partition coefficient (Wildman–Crippen LogP) is 1.34. The van der Waals surface area contributed by atoms with Crippen LogP contribution in [0.1, 0.15) is 5.69 Å². The van der Waals surface area contributed by atoms with Gasteiger partial charge in [0.25, 0.3) is 0 Å². The second-order valence-electron chi connectivity index (χ2n) is 3.99. The Morgan fingerprint density at radius 1 is 1.25 bits per heavy atom. The number of rotatable bonds is 6. The fourth-order valence-corrected chi connectivity index (χ4v) is 1.33. The van der Waals surface area contributed by atoms with Crippen molar-refractivity contribution < 1.29 is 0 Å². The van der Waals surface area contributed by atoms with E-state index in [9.17, 15) is 0 Å². The predicted molar refractivity (Wildman–Crippen MR) is 67.7 cm³/mol. The van der Waals surface area contributed by atoms with E-state index in [4.69, 9.17) is 0 Å². The van der Waals surface area contributed by atoms with E-state index in [1.807, 2.05) is 26.2 Å². The van der Waals surface area contributed by atoms with Crippen LogP contribution in [-0.2, 0) is 0 Å². The average molecular weight is 220 g/mol. The third-order valence-electron chi connectivity index (χ3n) is 2.42. The molecule has 0 aromatic carbocycles. The van der Waals surface area contributed by atoms with E-state index in [0.717, 1.165) is 31.1 Å². The molecule has 0 amide bonds. The van der Waals surface area contributed by atoms with Gasteiger partial charge in [-0.2, -0.15) is 0 Å². The van der Waals surface area contributed by atoms with Gasteiger partial charge in [-0.25, -0.2) is 4.98 Å². The molecule has 1 aromatic rings. The van der Waals surface area contributed by atoms with Crippen molar-refractivity contribution in [2.45, 2.75) is 6.92 Å². The fourth-order valence-electron chi connectivity index (χ4n) is 1.33. The Kier molecular flexibility index (Phi) is 4.92. The number of aryl methyl sites for hydroxylation is 1. The van der Waals surface area contributed by atoms with Crippen molar-refractivity contribution >= 4 is 5.82 Å². The maximum Gasteiger partial charge on any atom is 0.146 e. The number of hydrogen-bond donors (Lipinski definition) is 0. The fraction of sp³-hybridized carbons (Fsp3) is 0.500. The van der Waals surface area contributed by atoms with Crippen LogP contribution in [0, 0.1) is 6.92 Å². The molecule has 1 aromatic heterocycles. The third-order valence-corrected chi connectivity index (χ3v) is 2.42. The van der Waals surface area contributed by atoms with Gasteiger partial charge in [0, 0.05) is 26.7 Å². The minimum Gasteiger partial charge on any atom is -0.357 e. The zero-order valence-corrected chi connectivity index (χ0v) is 10.3. The van der Waals surface area contributed by atoms with Crippen molar-refractivity contribution in [1.29, 1.82) is 0 Å². The molecule has 16 heavy (non-hydrogen) atoms. The molecular weight excluding hydrogens is 200 g/mol. The second kappa shape index (κ2) is 6.23. The summed E-state index contributed by atoms with van der Waals surface area (Å²) in [5, 5.41) is 0. The Morgan fingerprint density at radius 3 is 2.56 bits per heavy atom. The van der Waals surface area contributed by atoms with Gasteiger partial charge in [0.15, 0.2) is 0 Å². The molecule has 0 fully saturated rings. The molecule has 0 spiro atoms. The van der Waals surface area contributed by atoms with Crippen molar-refractivity contribution in [1.82, 2.24) is 14.9 Å². The summed E-state index contributed by atoms with van der Waals surface area (Å²) in [5.41, 5.74) is 0.945. The molecule has 1 rings (SSSR count). The molecule has 88 valence electrons. The van der Waals surface area contributed by atoms with Crippen LogP contribution in [0.5, 0.6) is 0 Å². The summed E-state index contributed by atoms with van der Waals surface area (Å²) in [6.07, 6.45) is 5.51. The van der Waals surface area contributed by atoms with Crippen LogP contribution in [0.4, 0.5) is 5.82 Å². The highest BCUT2D eigenvalue weighted by Gasteiger charge is 2.03. The monoisotopic (exact) mass is 220 g/mol. The smallest absolute Gasteiger partial charge is 0.146 e. The maximum atomic E-state index is 4.33. The van der Waals surface area contributed by atoms with Crippen molar-refractivity contribution in [2.75, 3.05) is 38.6 Å². The van der Waals surface area contributed by atoms with Gasteiger partial charge >= 0.3 is 0 Å². The highest BCUT2D eigenvalue weighted by Crippen LogP contribution is 2.05. The van der Waals surface area contributed by atoms with Crippen LogP contribution in [-0.4, -0.2) is 48.6 Å². The Bertz CT molecular complexity index is 320. The van der Waals surface area contributed by atoms with E-state index in [1.54, 1.807) is 6.20 Å². The van der Waals surface area contributed by atoms with Crippen molar-refractivity contribution in [3.63, 3.8) is 0 Å². The Labute approximate surface area is 97.6 Å². The number of hydrogen-bond acceptors (Lipinski definition) is 4. The molecular formula is C12H20N4. The summed E-state index contributed by atoms with van der Waals surface area (Å²) in [6.45, 7) is 8.48. The topological polar surface area (TPSA) is 32.3 Å². The molecule has 0 bridgehead atoms. The second-order valence-corrected chi connectivity index (χ2v) is 3.99. The van der Waals surface area contributed by atoms with Gasteiger partial charge in [0.05, 0.1) is 18.1 Å². The molecule has 4 heteroatoms. The van der Waals surface area contributed by atoms with E-state index in [-0.39, 0.29) is 0 Å². The lowest BCUT2D eigenvalue weighted by Gasteiger charge is -2.21. The Balaban J connectivity index is 2.43. The molecule has 0 aliphatic carbocycles. The van der Waals surface area contributed by atoms with E-state index < -0.39 is 0 Å². The van der Waals surface area contributed by atoms with Gasteiger partial charge in [-0.3, -0.25) is 4.98 Å². The first kappa shape index (κ1) is 12.6. The first-order valence-corrected chi connectivity index (χ1v) is 5.42. The quantitative estimate of drug-likeness (QED) is 0.677. The van der Waals surface area contributed by atoms with E-state index >= 15 is 0 Å². The lowest BCUT2D eigenvalue weighted by Crippen LogP contribution is -2.31. The standard InChI is InChI=1S/C12H20N4/c1-5-6-15(3)7-8-16(4)12-10-13-11(2)9-14-12/h5,9-10H,1,6-8H2,2-4H3. The highest BCUT2D eigenvalue weighted by molar-refractivity contribution is 5.34. The van der Waals surface area contributed by atoms with Gasteiger partial charge < -0.3 is 9.80 Å². The molecule has 1 heterocycles. The first-order valence-electron chi connectivity index (χ1n) is 5.42. The van der Waals surface area contributed by atoms with Gasteiger partial charge in [-0.15, -0.1) is 6.58 Å². The van der Waals surface area contributed by atoms with Crippen molar-refractivity contribution in [2.24, 2.45) is 0 Å². The van der Waals surface area contributed by atoms with Crippen LogP contribution < -0.4 is 4.90 Å². The van der Waals surface area contributed by atoms with Gasteiger partial charge in [0.2, 0.25) is 0 Å². The van der Waals surface area contributed by atoms with E-state index in [0.29, 0.717) is 0 Å². The minimum absolute atomic E-state index is 0.910. The SMILES string of the molecule is C=CCN(C)CCN(C)c1cnc(C)cn1. The summed E-state index contributed by atoms with van der Waals surface area (Å²) in [5.74, 6) is 0.914. The van der Waals surface area contributed by atoms with Crippen LogP contribution in [0.3, 0.4) is 0 Å². The number of anilines is 1. The lowest BCUT2D eigenvalue weighted by molar-refractivity contribution is 0.378. The molecule has 0 N–H and O–H groups in total. The highest BCUT2D eigenvalue weighted by atomic mass is 15.2. The summed E-state index contributed by atoms with van der Waals surface area (Å²) in [7, 11) is 4.11. The molecule has 0 aliphatic rings. The molecule has 0 radical (unpaired) electrons. The molecule has 0 saturated carbocycles. The number of likely N-dealkylation sites (N-methyl/N-ethyl adjacent to an activating group) is 2. The lowest BCUT2D eigenvalue weighted by atomic mass is 10.4. The molecule has 0 unspecified atom stereocenters. The molecule has 0 atom stereocenters. The molecule has 0 saturated heterocycles. The summed E-state index contributed by atoms with van der Waals surface area (Å²) < 4.78 is 0. The minimum atomic E-state index is 0.910. The van der Waals surface area contributed by atoms with Crippen LogP contribution in [0.15, 0.2) is 25.0 Å². The summed E-state index contributed by atoms with van der Waals surface area (Å²) in [4.78, 5) is 12.9. The average Bonchev–Trinajstić information content (AvgIpc) is 2.27. The van der Waals surface area contributed by atoms with Crippen LogP contribution >= 0.6 is 0 Å². The van der Waals surface area contributed by atoms with Crippen molar-refractivity contribution in [3.05, 3.63) is 30.7 Å². The van der Waals surface area contributed by atoms with E-state index in [1.165, 1.54) is 0 Å². The first-order chi connectivity index (χ1) is 7.63. The van der Waals surface area contributed by atoms with Crippen LogP contribution in [0.25, 0.3) is 0 Å². The summed E-state index contributed by atoms with van der Waals surface area (Å²) in [6, 6.07) is 0. The summed E-state index contributed by atoms with van der Waals surface area (Å²) >= 11 is 0.